The van der Waals surface area contributed by atoms with Gasteiger partial charge in [0, 0.05) is 11.9 Å². The molecule has 1 N–H and O–H groups in total. The number of carbonyl (C=O) groups is 1. The molecule has 0 saturated heterocycles. The number of aromatic nitrogens is 1. The molecule has 0 aliphatic heterocycles. The van der Waals surface area contributed by atoms with Crippen LogP contribution in [0.1, 0.15) is 10.4 Å². The summed E-state index contributed by atoms with van der Waals surface area (Å²) in [6.45, 7) is 0.885. The second-order valence-corrected chi connectivity index (χ2v) is 5.20. The Hall–Kier alpha value is -3.04. The van der Waals surface area contributed by atoms with E-state index in [0.29, 0.717) is 24.5 Å². The maximum Gasteiger partial charge on any atom is 0.341 e. The van der Waals surface area contributed by atoms with Crippen molar-refractivity contribution in [3.8, 4) is 11.8 Å². The normalized spacial score (nSPS) is 10.7. The Morgan fingerprint density at radius 3 is 2.88 bits per heavy atom. The highest BCUT2D eigenvalue weighted by Crippen LogP contribution is 2.29. The van der Waals surface area contributed by atoms with E-state index >= 15 is 0 Å². The van der Waals surface area contributed by atoms with Crippen molar-refractivity contribution in [3.05, 3.63) is 48.2 Å². The number of fused-ring (bicyclic) bond motifs is 3. The second kappa shape index (κ2) is 7.02. The van der Waals surface area contributed by atoms with Crippen LogP contribution in [0.2, 0.25) is 0 Å². The van der Waals surface area contributed by atoms with Crippen LogP contribution in [0.4, 0.5) is 0 Å². The number of hydrogen-bond acceptors (Lipinski definition) is 5. The molecule has 24 heavy (non-hydrogen) atoms. The SMILES string of the molecule is CNCCOC(=O)c1c2ccccc2n2cc(OCC#N)ccc12. The molecule has 0 bridgehead atoms. The molecule has 0 saturated carbocycles. The van der Waals surface area contributed by atoms with Crippen molar-refractivity contribution in [3.63, 3.8) is 0 Å². The summed E-state index contributed by atoms with van der Waals surface area (Å²) in [5.41, 5.74) is 2.17. The number of nitrogens with zero attached hydrogens (tertiary/aromatic N) is 2. The molecule has 1 aromatic carbocycles. The minimum absolute atomic E-state index is 0.0242. The van der Waals surface area contributed by atoms with Crippen molar-refractivity contribution in [1.82, 2.24) is 9.72 Å². The molecule has 6 heteroatoms. The third kappa shape index (κ3) is 2.90. The van der Waals surface area contributed by atoms with Crippen LogP contribution in [0.5, 0.6) is 5.75 Å². The highest BCUT2D eigenvalue weighted by molar-refractivity contribution is 6.11. The zero-order chi connectivity index (χ0) is 16.9. The summed E-state index contributed by atoms with van der Waals surface area (Å²) >= 11 is 0. The number of para-hydroxylation sites is 1. The first-order chi connectivity index (χ1) is 11.8. The molecular weight excluding hydrogens is 306 g/mol. The van der Waals surface area contributed by atoms with Crippen LogP contribution in [0.3, 0.4) is 0 Å². The van der Waals surface area contributed by atoms with E-state index in [0.717, 1.165) is 16.4 Å². The number of rotatable bonds is 6. The van der Waals surface area contributed by atoms with Gasteiger partial charge in [-0.1, -0.05) is 18.2 Å². The third-order valence-electron chi connectivity index (χ3n) is 3.70. The number of hydrogen-bond donors (Lipinski definition) is 1. The summed E-state index contributed by atoms with van der Waals surface area (Å²) in [5.74, 6) is 0.217. The van der Waals surface area contributed by atoms with Crippen LogP contribution in [-0.2, 0) is 4.74 Å². The lowest BCUT2D eigenvalue weighted by Gasteiger charge is -2.05. The van der Waals surface area contributed by atoms with Gasteiger partial charge in [0.2, 0.25) is 0 Å². The average Bonchev–Trinajstić information content (AvgIpc) is 2.94. The number of pyridine rings is 1. The summed E-state index contributed by atoms with van der Waals surface area (Å²) in [7, 11) is 1.81. The van der Waals surface area contributed by atoms with E-state index in [1.807, 2.05) is 34.7 Å². The van der Waals surface area contributed by atoms with Gasteiger partial charge >= 0.3 is 5.97 Å². The molecule has 0 fully saturated rings. The Labute approximate surface area is 139 Å². The Morgan fingerprint density at radius 2 is 2.08 bits per heavy atom. The first-order valence-corrected chi connectivity index (χ1v) is 7.60. The third-order valence-corrected chi connectivity index (χ3v) is 3.70. The molecule has 0 radical (unpaired) electrons. The average molecular weight is 323 g/mol. The van der Waals surface area contributed by atoms with E-state index < -0.39 is 0 Å². The fourth-order valence-electron chi connectivity index (χ4n) is 2.65. The number of likely N-dealkylation sites (N-methyl/N-ethyl adjacent to an activating group) is 1. The fraction of sp³-hybridized carbons (Fsp3) is 0.222. The quantitative estimate of drug-likeness (QED) is 0.557. The predicted molar refractivity (Wildman–Crippen MR) is 90.2 cm³/mol. The number of nitriles is 1. The molecule has 0 aliphatic carbocycles. The minimum Gasteiger partial charge on any atom is -0.477 e. The summed E-state index contributed by atoms with van der Waals surface area (Å²) in [4.78, 5) is 12.5. The summed E-state index contributed by atoms with van der Waals surface area (Å²) in [6.07, 6.45) is 1.78. The van der Waals surface area contributed by atoms with E-state index in [-0.39, 0.29) is 12.6 Å². The van der Waals surface area contributed by atoms with Gasteiger partial charge in [-0.2, -0.15) is 5.26 Å². The van der Waals surface area contributed by atoms with E-state index in [1.54, 1.807) is 25.4 Å². The molecule has 0 atom stereocenters. The van der Waals surface area contributed by atoms with Crippen LogP contribution in [0, 0.1) is 11.3 Å². The molecule has 0 amide bonds. The van der Waals surface area contributed by atoms with Crippen molar-refractivity contribution in [2.24, 2.45) is 0 Å². The van der Waals surface area contributed by atoms with E-state index in [2.05, 4.69) is 5.32 Å². The van der Waals surface area contributed by atoms with Crippen LogP contribution in [0.15, 0.2) is 42.6 Å². The highest BCUT2D eigenvalue weighted by atomic mass is 16.5. The number of ether oxygens (including phenoxy) is 2. The molecule has 2 heterocycles. The van der Waals surface area contributed by atoms with Gasteiger partial charge in [-0.25, -0.2) is 4.79 Å². The monoisotopic (exact) mass is 323 g/mol. The Morgan fingerprint density at radius 1 is 1.25 bits per heavy atom. The Balaban J connectivity index is 2.09. The zero-order valence-corrected chi connectivity index (χ0v) is 13.3. The minimum atomic E-state index is -0.352. The lowest BCUT2D eigenvalue weighted by molar-refractivity contribution is 0.0515. The summed E-state index contributed by atoms with van der Waals surface area (Å²) in [6, 6.07) is 13.1. The van der Waals surface area contributed by atoms with Gasteiger partial charge < -0.3 is 19.2 Å². The number of benzene rings is 1. The van der Waals surface area contributed by atoms with Crippen molar-refractivity contribution in [1.29, 1.82) is 5.26 Å². The zero-order valence-electron chi connectivity index (χ0n) is 13.3. The Bertz CT molecular complexity index is 924. The molecule has 0 unspecified atom stereocenters. The van der Waals surface area contributed by atoms with Crippen molar-refractivity contribution < 1.29 is 14.3 Å². The molecular formula is C18H17N3O3. The summed E-state index contributed by atoms with van der Waals surface area (Å²) in [5, 5.41) is 12.4. The van der Waals surface area contributed by atoms with Gasteiger partial charge in [0.1, 0.15) is 18.4 Å². The topological polar surface area (TPSA) is 75.8 Å². The lowest BCUT2D eigenvalue weighted by atomic mass is 10.1. The smallest absolute Gasteiger partial charge is 0.341 e. The van der Waals surface area contributed by atoms with Gasteiger partial charge in [-0.15, -0.1) is 0 Å². The summed E-state index contributed by atoms with van der Waals surface area (Å²) < 4.78 is 12.6. The predicted octanol–water partition coefficient (Wildman–Crippen LogP) is 2.37. The highest BCUT2D eigenvalue weighted by Gasteiger charge is 2.19. The van der Waals surface area contributed by atoms with Gasteiger partial charge in [-0.3, -0.25) is 0 Å². The maximum absolute atomic E-state index is 12.5. The van der Waals surface area contributed by atoms with E-state index in [1.165, 1.54) is 0 Å². The largest absolute Gasteiger partial charge is 0.477 e. The standard InChI is InChI=1S/C18H17N3O3/c1-20-9-11-24-18(22)17-14-4-2-3-5-15(14)21-12-13(23-10-8-19)6-7-16(17)21/h2-7,12,20H,9-11H2,1H3. The second-order valence-electron chi connectivity index (χ2n) is 5.20. The number of carbonyl (C=O) groups excluding carboxylic acids is 1. The van der Waals surface area contributed by atoms with Gasteiger partial charge in [-0.05, 0) is 25.2 Å². The molecule has 6 nitrogen and oxygen atoms in total. The molecule has 2 aromatic heterocycles. The Kier molecular flexibility index (Phi) is 4.64. The van der Waals surface area contributed by atoms with E-state index in [9.17, 15) is 4.79 Å². The lowest BCUT2D eigenvalue weighted by Crippen LogP contribution is -2.17. The first kappa shape index (κ1) is 15.8. The van der Waals surface area contributed by atoms with Crippen LogP contribution in [-0.4, -0.2) is 37.2 Å². The van der Waals surface area contributed by atoms with Crippen molar-refractivity contribution >= 4 is 22.4 Å². The van der Waals surface area contributed by atoms with Gasteiger partial charge in [0.25, 0.3) is 0 Å². The van der Waals surface area contributed by atoms with Gasteiger partial charge in [0.15, 0.2) is 6.61 Å². The maximum atomic E-state index is 12.5. The molecule has 122 valence electrons. The first-order valence-electron chi connectivity index (χ1n) is 7.60. The number of nitrogens with one attached hydrogen (secondary N) is 1. The van der Waals surface area contributed by atoms with Gasteiger partial charge in [0.05, 0.1) is 22.8 Å². The fourth-order valence-corrected chi connectivity index (χ4v) is 2.65. The van der Waals surface area contributed by atoms with Crippen LogP contribution in [0.25, 0.3) is 16.4 Å². The van der Waals surface area contributed by atoms with Crippen molar-refractivity contribution in [2.75, 3.05) is 26.8 Å². The van der Waals surface area contributed by atoms with Crippen LogP contribution < -0.4 is 10.1 Å². The molecule has 0 spiro atoms. The van der Waals surface area contributed by atoms with Crippen molar-refractivity contribution in [2.45, 2.75) is 0 Å². The van der Waals surface area contributed by atoms with Crippen LogP contribution >= 0.6 is 0 Å². The molecule has 3 rings (SSSR count). The molecule has 3 aromatic rings. The van der Waals surface area contributed by atoms with E-state index in [4.69, 9.17) is 14.7 Å². The molecule has 0 aliphatic rings. The number of esters is 1.